The molecule has 0 aliphatic carbocycles. The fraction of sp³-hybridized carbons (Fsp3) is 0. The van der Waals surface area contributed by atoms with Crippen molar-refractivity contribution in [3.63, 3.8) is 0 Å². The highest BCUT2D eigenvalue weighted by Crippen LogP contribution is 2.39. The van der Waals surface area contributed by atoms with E-state index in [1.807, 2.05) is 108 Å². The lowest BCUT2D eigenvalue weighted by atomic mass is 10.0. The Bertz CT molecular complexity index is 3770. The molecule has 0 atom stereocenters. The lowest BCUT2D eigenvalue weighted by molar-refractivity contribution is 1.16. The number of benzene rings is 8. The standard InChI is InChI=1S/C48H31N3/c1-7-22-42(51-46-26-11-4-19-38(46)39-20-5-12-27-47(39)51)35(16-1)32-14-13-15-33(30-32)49-45-25-10-6-21-40(45)41-31-34(28-29-48(41)49)50-43-23-8-2-17-36(43)37-18-3-9-24-44(37)50/h1-31H/i2D,3D,4D,8D,9D,11D,17D,18D,19D,23D,24D,26D. The first-order valence-corrected chi connectivity index (χ1v) is 16.6. The van der Waals surface area contributed by atoms with Crippen LogP contribution >= 0.6 is 0 Å². The Morgan fingerprint density at radius 1 is 0.333 bits per heavy atom. The van der Waals surface area contributed by atoms with Crippen molar-refractivity contribution >= 4 is 65.4 Å². The highest BCUT2D eigenvalue weighted by Gasteiger charge is 2.18. The SMILES string of the molecule is [2H]c1c([2H])c([2H])c2c(c1[2H])c1ccccc1n2-c1ccccc1-c1cccc(-n2c3ccccc3c3cc(-n4c5c([2H])c([2H])c([2H])c([2H])c5c5c([2H])c([2H])c([2H])c([2H])c54)ccc32)c1. The fourth-order valence-corrected chi connectivity index (χ4v) is 7.70. The monoisotopic (exact) mass is 661 g/mol. The average molecular weight is 662 g/mol. The highest BCUT2D eigenvalue weighted by molar-refractivity contribution is 6.13. The summed E-state index contributed by atoms with van der Waals surface area (Å²) in [7, 11) is 0. The summed E-state index contributed by atoms with van der Waals surface area (Å²) in [5, 5.41) is 2.88. The van der Waals surface area contributed by atoms with Gasteiger partial charge in [0.25, 0.3) is 0 Å². The molecule has 11 aromatic rings. The molecule has 238 valence electrons. The number of fused-ring (bicyclic) bond motifs is 9. The second-order valence-electron chi connectivity index (χ2n) is 12.5. The van der Waals surface area contributed by atoms with Crippen LogP contribution in [0.15, 0.2) is 188 Å². The number of para-hydroxylation sites is 6. The largest absolute Gasteiger partial charge is 0.309 e. The minimum atomic E-state index is -0.495. The molecule has 3 nitrogen and oxygen atoms in total. The van der Waals surface area contributed by atoms with Crippen LogP contribution in [0.5, 0.6) is 0 Å². The van der Waals surface area contributed by atoms with E-state index in [0.717, 1.165) is 49.8 Å². The van der Waals surface area contributed by atoms with Crippen LogP contribution in [0.1, 0.15) is 16.4 Å². The van der Waals surface area contributed by atoms with E-state index < -0.39 is 24.2 Å². The number of nitrogens with zero attached hydrogens (tertiary/aromatic N) is 3. The van der Waals surface area contributed by atoms with Crippen LogP contribution in [0.25, 0.3) is 93.6 Å². The second-order valence-corrected chi connectivity index (χ2v) is 12.5. The molecule has 0 aliphatic rings. The summed E-state index contributed by atoms with van der Waals surface area (Å²) >= 11 is 0. The van der Waals surface area contributed by atoms with Crippen LogP contribution in [0, 0.1) is 0 Å². The van der Waals surface area contributed by atoms with Gasteiger partial charge in [-0.15, -0.1) is 0 Å². The average Bonchev–Trinajstić information content (AvgIpc) is 3.96. The first kappa shape index (κ1) is 18.8. The molecule has 0 saturated heterocycles. The molecule has 0 saturated carbocycles. The van der Waals surface area contributed by atoms with Gasteiger partial charge in [-0.3, -0.25) is 0 Å². The van der Waals surface area contributed by atoms with Crippen molar-refractivity contribution < 1.29 is 16.4 Å². The lowest BCUT2D eigenvalue weighted by Crippen LogP contribution is -1.98. The minimum Gasteiger partial charge on any atom is -0.309 e. The molecule has 3 heterocycles. The zero-order valence-electron chi connectivity index (χ0n) is 38.8. The van der Waals surface area contributed by atoms with Crippen molar-refractivity contribution in [2.45, 2.75) is 0 Å². The molecular weight excluding hydrogens is 619 g/mol. The molecule has 0 spiro atoms. The molecule has 3 heteroatoms. The van der Waals surface area contributed by atoms with Gasteiger partial charge < -0.3 is 13.7 Å². The summed E-state index contributed by atoms with van der Waals surface area (Å²) in [6, 6.07) is 32.6. The van der Waals surface area contributed by atoms with Gasteiger partial charge in [-0.25, -0.2) is 0 Å². The Kier molecular flexibility index (Phi) is 3.99. The summed E-state index contributed by atoms with van der Waals surface area (Å²) in [5.74, 6) is 0. The topological polar surface area (TPSA) is 14.8 Å². The van der Waals surface area contributed by atoms with Gasteiger partial charge >= 0.3 is 0 Å². The van der Waals surface area contributed by atoms with E-state index in [-0.39, 0.29) is 70.1 Å². The Morgan fingerprint density at radius 3 is 1.57 bits per heavy atom. The molecule has 0 N–H and O–H groups in total. The molecule has 11 rings (SSSR count). The van der Waals surface area contributed by atoms with Gasteiger partial charge in [-0.05, 0) is 72.2 Å². The molecule has 3 aromatic heterocycles. The van der Waals surface area contributed by atoms with Crippen LogP contribution in [0.3, 0.4) is 0 Å². The molecular formula is C48H31N3. The molecule has 0 bridgehead atoms. The van der Waals surface area contributed by atoms with Gasteiger partial charge in [0.1, 0.15) is 0 Å². The van der Waals surface area contributed by atoms with Crippen molar-refractivity contribution in [2.75, 3.05) is 0 Å². The molecule has 0 fully saturated rings. The van der Waals surface area contributed by atoms with E-state index in [2.05, 4.69) is 10.6 Å². The first-order chi connectivity index (χ1) is 30.3. The minimum absolute atomic E-state index is 0.0175. The quantitative estimate of drug-likeness (QED) is 0.178. The fourth-order valence-electron chi connectivity index (χ4n) is 7.70. The van der Waals surface area contributed by atoms with Crippen molar-refractivity contribution in [2.24, 2.45) is 0 Å². The Hall–Kier alpha value is -6.84. The normalized spacial score (nSPS) is 15.2. The third kappa shape index (κ3) is 4.06. The van der Waals surface area contributed by atoms with Gasteiger partial charge in [0.2, 0.25) is 0 Å². The highest BCUT2D eigenvalue weighted by atomic mass is 15.0. The van der Waals surface area contributed by atoms with Crippen molar-refractivity contribution in [3.05, 3.63) is 188 Å². The second kappa shape index (κ2) is 10.8. The number of aromatic nitrogens is 3. The first-order valence-electron chi connectivity index (χ1n) is 22.6. The molecule has 0 unspecified atom stereocenters. The third-order valence-corrected chi connectivity index (χ3v) is 9.81. The molecule has 51 heavy (non-hydrogen) atoms. The van der Waals surface area contributed by atoms with Gasteiger partial charge in [-0.1, -0.05) is 121 Å². The van der Waals surface area contributed by atoms with E-state index in [0.29, 0.717) is 22.0 Å². The van der Waals surface area contributed by atoms with E-state index in [1.54, 1.807) is 6.07 Å². The maximum atomic E-state index is 9.04. The zero-order chi connectivity index (χ0) is 43.9. The maximum absolute atomic E-state index is 9.04. The summed E-state index contributed by atoms with van der Waals surface area (Å²) in [6.07, 6.45) is 0. The van der Waals surface area contributed by atoms with Gasteiger partial charge in [0, 0.05) is 49.3 Å². The Balaban J connectivity index is 1.15. The predicted octanol–water partition coefficient (Wildman–Crippen LogP) is 12.6. The van der Waals surface area contributed by atoms with E-state index in [9.17, 15) is 0 Å². The van der Waals surface area contributed by atoms with Crippen molar-refractivity contribution in [1.29, 1.82) is 0 Å². The smallest absolute Gasteiger partial charge is 0.0645 e. The van der Waals surface area contributed by atoms with Crippen molar-refractivity contribution in [1.82, 2.24) is 13.7 Å². The summed E-state index contributed by atoms with van der Waals surface area (Å²) in [6.45, 7) is 0. The number of hydrogen-bond acceptors (Lipinski definition) is 0. The Morgan fingerprint density at radius 2 is 0.843 bits per heavy atom. The number of hydrogen-bond donors (Lipinski definition) is 0. The Labute approximate surface area is 311 Å². The number of rotatable bonds is 4. The lowest BCUT2D eigenvalue weighted by Gasteiger charge is -2.15. The summed E-state index contributed by atoms with van der Waals surface area (Å²) in [4.78, 5) is 0. The summed E-state index contributed by atoms with van der Waals surface area (Å²) in [5.41, 5.74) is 6.62. The maximum Gasteiger partial charge on any atom is 0.0645 e. The molecule has 8 aromatic carbocycles. The summed E-state index contributed by atoms with van der Waals surface area (Å²) < 4.78 is 110. The van der Waals surface area contributed by atoms with Crippen LogP contribution in [-0.2, 0) is 0 Å². The van der Waals surface area contributed by atoms with Gasteiger partial charge in [-0.2, -0.15) is 0 Å². The van der Waals surface area contributed by atoms with Crippen LogP contribution in [-0.4, -0.2) is 13.7 Å². The molecule has 0 amide bonds. The van der Waals surface area contributed by atoms with Gasteiger partial charge in [0.15, 0.2) is 0 Å². The van der Waals surface area contributed by atoms with Crippen LogP contribution in [0.4, 0.5) is 0 Å². The third-order valence-electron chi connectivity index (χ3n) is 9.81. The van der Waals surface area contributed by atoms with E-state index in [1.165, 1.54) is 4.57 Å². The van der Waals surface area contributed by atoms with Crippen LogP contribution in [0.2, 0.25) is 0 Å². The molecule has 0 aliphatic heterocycles. The predicted molar refractivity (Wildman–Crippen MR) is 215 cm³/mol. The zero-order valence-corrected chi connectivity index (χ0v) is 26.8. The van der Waals surface area contributed by atoms with Gasteiger partial charge in [0.05, 0.1) is 55.2 Å². The van der Waals surface area contributed by atoms with E-state index >= 15 is 0 Å². The van der Waals surface area contributed by atoms with Crippen molar-refractivity contribution in [3.8, 4) is 28.2 Å². The van der Waals surface area contributed by atoms with Crippen LogP contribution < -0.4 is 0 Å². The molecule has 0 radical (unpaired) electrons. The van der Waals surface area contributed by atoms with E-state index in [4.69, 9.17) is 16.4 Å².